The Morgan fingerprint density at radius 1 is 1.44 bits per heavy atom. The Hall–Kier alpha value is -2.10. The summed E-state index contributed by atoms with van der Waals surface area (Å²) in [6, 6.07) is 6.07. The monoisotopic (exact) mass is 242 g/mol. The van der Waals surface area contributed by atoms with Crippen LogP contribution in [-0.4, -0.2) is 15.9 Å². The first kappa shape index (κ1) is 12.4. The van der Waals surface area contributed by atoms with Gasteiger partial charge in [-0.3, -0.25) is 0 Å². The van der Waals surface area contributed by atoms with E-state index >= 15 is 0 Å². The van der Waals surface area contributed by atoms with Crippen molar-refractivity contribution in [3.63, 3.8) is 0 Å². The number of imidazole rings is 1. The Morgan fingerprint density at radius 2 is 2.28 bits per heavy atom. The van der Waals surface area contributed by atoms with Crippen molar-refractivity contribution in [2.24, 2.45) is 10.7 Å². The van der Waals surface area contributed by atoms with Gasteiger partial charge in [0.05, 0.1) is 24.0 Å². The lowest BCUT2D eigenvalue weighted by atomic mass is 10.1. The molecule has 94 valence electrons. The normalized spacial score (nSPS) is 11.2. The Kier molecular flexibility index (Phi) is 3.77. The fraction of sp³-hybridized carbons (Fsp3) is 0.286. The van der Waals surface area contributed by atoms with Gasteiger partial charge in [0.2, 0.25) is 0 Å². The fourth-order valence-corrected chi connectivity index (χ4v) is 1.93. The van der Waals surface area contributed by atoms with Gasteiger partial charge in [-0.1, -0.05) is 13.0 Å². The molecule has 0 aliphatic heterocycles. The predicted molar refractivity (Wildman–Crippen MR) is 75.0 cm³/mol. The van der Waals surface area contributed by atoms with Crippen LogP contribution in [0.4, 0.5) is 5.69 Å². The van der Waals surface area contributed by atoms with Crippen LogP contribution in [0.15, 0.2) is 35.7 Å². The van der Waals surface area contributed by atoms with Crippen molar-refractivity contribution in [1.29, 1.82) is 0 Å². The van der Waals surface area contributed by atoms with Gasteiger partial charge in [0.25, 0.3) is 0 Å². The highest BCUT2D eigenvalue weighted by Crippen LogP contribution is 2.25. The molecule has 0 bridgehead atoms. The largest absolute Gasteiger partial charge is 0.390 e. The molecule has 18 heavy (non-hydrogen) atoms. The lowest BCUT2D eigenvalue weighted by molar-refractivity contribution is 0.678. The van der Waals surface area contributed by atoms with Gasteiger partial charge in [0, 0.05) is 18.3 Å². The molecule has 0 unspecified atom stereocenters. The molecule has 0 aliphatic rings. The standard InChI is InChI=1S/C14H18N4/c1-3-6-18-8-14(17-10-18)12-4-5-13(16-9-15)11(2)7-12/h4-5,7-10H,3,6H2,1-2H3,(H2,15,16). The quantitative estimate of drug-likeness (QED) is 0.662. The summed E-state index contributed by atoms with van der Waals surface area (Å²) in [6.45, 7) is 5.18. The van der Waals surface area contributed by atoms with Gasteiger partial charge in [0.15, 0.2) is 0 Å². The van der Waals surface area contributed by atoms with E-state index in [1.807, 2.05) is 25.4 Å². The first-order valence-electron chi connectivity index (χ1n) is 6.11. The summed E-state index contributed by atoms with van der Waals surface area (Å²) in [5.74, 6) is 0. The fourth-order valence-electron chi connectivity index (χ4n) is 1.93. The van der Waals surface area contributed by atoms with Crippen molar-refractivity contribution >= 4 is 12.0 Å². The molecule has 4 heteroatoms. The Morgan fingerprint density at radius 3 is 2.94 bits per heavy atom. The molecule has 0 aliphatic carbocycles. The molecule has 1 heterocycles. The second kappa shape index (κ2) is 5.49. The van der Waals surface area contributed by atoms with Gasteiger partial charge in [-0.15, -0.1) is 0 Å². The van der Waals surface area contributed by atoms with Gasteiger partial charge < -0.3 is 10.3 Å². The number of hydrogen-bond donors (Lipinski definition) is 1. The minimum Gasteiger partial charge on any atom is -0.390 e. The highest BCUT2D eigenvalue weighted by atomic mass is 15.0. The summed E-state index contributed by atoms with van der Waals surface area (Å²) in [5.41, 5.74) is 9.41. The summed E-state index contributed by atoms with van der Waals surface area (Å²) >= 11 is 0. The van der Waals surface area contributed by atoms with Crippen LogP contribution >= 0.6 is 0 Å². The van der Waals surface area contributed by atoms with E-state index in [9.17, 15) is 0 Å². The van der Waals surface area contributed by atoms with E-state index < -0.39 is 0 Å². The van der Waals surface area contributed by atoms with Crippen LogP contribution in [0.1, 0.15) is 18.9 Å². The molecule has 1 aromatic carbocycles. The van der Waals surface area contributed by atoms with Crippen molar-refractivity contribution in [2.45, 2.75) is 26.8 Å². The van der Waals surface area contributed by atoms with Gasteiger partial charge in [-0.05, 0) is 31.0 Å². The topological polar surface area (TPSA) is 56.2 Å². The average Bonchev–Trinajstić information content (AvgIpc) is 2.81. The van der Waals surface area contributed by atoms with E-state index in [0.29, 0.717) is 0 Å². The minimum atomic E-state index is 0.897. The Bertz CT molecular complexity index is 555. The molecular weight excluding hydrogens is 224 g/mol. The molecule has 0 amide bonds. The summed E-state index contributed by atoms with van der Waals surface area (Å²) in [7, 11) is 0. The molecule has 4 nitrogen and oxygen atoms in total. The highest BCUT2D eigenvalue weighted by Gasteiger charge is 2.04. The van der Waals surface area contributed by atoms with E-state index in [0.717, 1.165) is 35.5 Å². The molecule has 2 N–H and O–H groups in total. The van der Waals surface area contributed by atoms with Crippen molar-refractivity contribution in [3.05, 3.63) is 36.3 Å². The minimum absolute atomic E-state index is 0.897. The zero-order valence-corrected chi connectivity index (χ0v) is 10.8. The number of aryl methyl sites for hydroxylation is 2. The summed E-state index contributed by atoms with van der Waals surface area (Å²) in [6.07, 6.45) is 6.38. The van der Waals surface area contributed by atoms with E-state index in [-0.39, 0.29) is 0 Å². The Labute approximate surface area is 107 Å². The maximum absolute atomic E-state index is 5.31. The summed E-state index contributed by atoms with van der Waals surface area (Å²) in [4.78, 5) is 8.52. The van der Waals surface area contributed by atoms with E-state index in [2.05, 4.69) is 33.7 Å². The van der Waals surface area contributed by atoms with E-state index in [1.54, 1.807) is 0 Å². The first-order chi connectivity index (χ1) is 8.74. The third kappa shape index (κ3) is 2.59. The molecule has 1 aromatic heterocycles. The molecule has 0 saturated carbocycles. The second-order valence-electron chi connectivity index (χ2n) is 4.28. The van der Waals surface area contributed by atoms with E-state index in [4.69, 9.17) is 5.73 Å². The number of nitrogens with two attached hydrogens (primary N) is 1. The van der Waals surface area contributed by atoms with Crippen LogP contribution in [0.3, 0.4) is 0 Å². The highest BCUT2D eigenvalue weighted by molar-refractivity contribution is 5.67. The molecule has 0 atom stereocenters. The van der Waals surface area contributed by atoms with Gasteiger partial charge in [-0.25, -0.2) is 9.98 Å². The average molecular weight is 242 g/mol. The SMILES string of the molecule is CCCn1cnc(-c2ccc(N=CN)c(C)c2)c1. The van der Waals surface area contributed by atoms with Gasteiger partial charge >= 0.3 is 0 Å². The van der Waals surface area contributed by atoms with E-state index in [1.165, 1.54) is 6.34 Å². The van der Waals surface area contributed by atoms with Crippen LogP contribution in [0, 0.1) is 6.92 Å². The zero-order chi connectivity index (χ0) is 13.0. The molecule has 0 spiro atoms. The predicted octanol–water partition coefficient (Wildman–Crippen LogP) is 2.89. The maximum atomic E-state index is 5.31. The number of aliphatic imine (C=N–C) groups is 1. The molecule has 0 saturated heterocycles. The van der Waals surface area contributed by atoms with Crippen LogP contribution in [0.2, 0.25) is 0 Å². The Balaban J connectivity index is 2.30. The number of hydrogen-bond acceptors (Lipinski definition) is 2. The van der Waals surface area contributed by atoms with Gasteiger partial charge in [-0.2, -0.15) is 0 Å². The molecule has 0 radical (unpaired) electrons. The van der Waals surface area contributed by atoms with Crippen LogP contribution in [-0.2, 0) is 6.54 Å². The molecule has 0 fully saturated rings. The summed E-state index contributed by atoms with van der Waals surface area (Å²) < 4.78 is 2.11. The summed E-state index contributed by atoms with van der Waals surface area (Å²) in [5, 5.41) is 0. The molecular formula is C14H18N4. The van der Waals surface area contributed by atoms with Crippen molar-refractivity contribution in [2.75, 3.05) is 0 Å². The first-order valence-corrected chi connectivity index (χ1v) is 6.11. The number of aromatic nitrogens is 2. The smallest absolute Gasteiger partial charge is 0.0953 e. The van der Waals surface area contributed by atoms with Crippen molar-refractivity contribution in [1.82, 2.24) is 9.55 Å². The zero-order valence-electron chi connectivity index (χ0n) is 10.8. The van der Waals surface area contributed by atoms with Crippen LogP contribution in [0.25, 0.3) is 11.3 Å². The number of nitrogens with zero attached hydrogens (tertiary/aromatic N) is 3. The molecule has 2 rings (SSSR count). The lowest BCUT2D eigenvalue weighted by Gasteiger charge is -2.02. The maximum Gasteiger partial charge on any atom is 0.0953 e. The third-order valence-corrected chi connectivity index (χ3v) is 2.82. The number of benzene rings is 1. The van der Waals surface area contributed by atoms with Crippen LogP contribution in [0.5, 0.6) is 0 Å². The van der Waals surface area contributed by atoms with Crippen molar-refractivity contribution < 1.29 is 0 Å². The van der Waals surface area contributed by atoms with Gasteiger partial charge in [0.1, 0.15) is 0 Å². The van der Waals surface area contributed by atoms with Crippen LogP contribution < -0.4 is 5.73 Å². The third-order valence-electron chi connectivity index (χ3n) is 2.82. The lowest BCUT2D eigenvalue weighted by Crippen LogP contribution is -1.90. The van der Waals surface area contributed by atoms with Crippen molar-refractivity contribution in [3.8, 4) is 11.3 Å². The number of rotatable bonds is 4. The molecule has 2 aromatic rings. The second-order valence-corrected chi connectivity index (χ2v) is 4.28.